The van der Waals surface area contributed by atoms with Gasteiger partial charge in [-0.3, -0.25) is 19.4 Å². The van der Waals surface area contributed by atoms with Crippen LogP contribution in [-0.2, 0) is 19.8 Å². The maximum absolute atomic E-state index is 13.4. The van der Waals surface area contributed by atoms with Crippen molar-refractivity contribution in [2.45, 2.75) is 57.4 Å². The number of nitrogens with one attached hydrogen (secondary N) is 3. The topological polar surface area (TPSA) is 178 Å². The number of amides is 3. The molecule has 0 bridgehead atoms. The van der Waals surface area contributed by atoms with Crippen molar-refractivity contribution in [1.29, 1.82) is 0 Å². The Bertz CT molecular complexity index is 782. The molecule has 10 nitrogen and oxygen atoms in total. The molecule has 9 N–H and O–H groups in total. The standard InChI is InChI=1S/C20H31FN6O2.C2H6.CH3NO/c1-24-16(6-3-9-27-19(22)23)13-17(28)25-10-11-26-18(29)20(7-8-20)14-4-2-5-15(21)12-14;1-2;2-1-3/h2,4-5,12,16,24H,3,6-11,13H2,1H3,(H,25,28)(H,26,29)(H4,22,23,27);1-2H3;1H,(H2,2,3). The van der Waals surface area contributed by atoms with E-state index < -0.39 is 5.41 Å². The smallest absolute Gasteiger partial charge is 0.230 e. The Labute approximate surface area is 201 Å². The van der Waals surface area contributed by atoms with E-state index in [1.807, 2.05) is 13.8 Å². The molecule has 0 saturated heterocycles. The van der Waals surface area contributed by atoms with Gasteiger partial charge in [-0.05, 0) is 50.4 Å². The number of carbonyl (C=O) groups excluding carboxylic acids is 3. The van der Waals surface area contributed by atoms with E-state index in [0.717, 1.165) is 12.8 Å². The molecule has 0 radical (unpaired) electrons. The average Bonchev–Trinajstić information content (AvgIpc) is 3.62. The minimum absolute atomic E-state index is 0.0292. The van der Waals surface area contributed by atoms with Crippen molar-refractivity contribution in [2.24, 2.45) is 22.2 Å². The van der Waals surface area contributed by atoms with E-state index in [4.69, 9.17) is 16.3 Å². The Morgan fingerprint density at radius 2 is 1.82 bits per heavy atom. The summed E-state index contributed by atoms with van der Waals surface area (Å²) >= 11 is 0. The monoisotopic (exact) mass is 481 g/mol. The molecule has 2 rings (SSSR count). The largest absolute Gasteiger partial charge is 0.372 e. The van der Waals surface area contributed by atoms with Crippen LogP contribution in [0.25, 0.3) is 0 Å². The van der Waals surface area contributed by atoms with Crippen molar-refractivity contribution in [3.63, 3.8) is 0 Å². The number of nitrogens with two attached hydrogens (primary N) is 3. The zero-order chi connectivity index (χ0) is 26.0. The fraction of sp³-hybridized carbons (Fsp3) is 0.565. The van der Waals surface area contributed by atoms with Crippen LogP contribution in [0.15, 0.2) is 29.3 Å². The van der Waals surface area contributed by atoms with Crippen LogP contribution in [0.3, 0.4) is 0 Å². The van der Waals surface area contributed by atoms with Gasteiger partial charge in [0.2, 0.25) is 18.2 Å². The summed E-state index contributed by atoms with van der Waals surface area (Å²) in [6.45, 7) is 5.20. The van der Waals surface area contributed by atoms with E-state index in [1.165, 1.54) is 12.1 Å². The number of nitrogens with zero attached hydrogens (tertiary/aromatic N) is 1. The Morgan fingerprint density at radius 1 is 1.21 bits per heavy atom. The molecular weight excluding hydrogens is 441 g/mol. The van der Waals surface area contributed by atoms with Crippen molar-refractivity contribution in [1.82, 2.24) is 16.0 Å². The first kappa shape index (κ1) is 30.8. The van der Waals surface area contributed by atoms with E-state index in [1.54, 1.807) is 19.2 Å². The van der Waals surface area contributed by atoms with Gasteiger partial charge in [0.1, 0.15) is 5.82 Å². The highest BCUT2D eigenvalue weighted by Crippen LogP contribution is 2.48. The predicted octanol–water partition coefficient (Wildman–Crippen LogP) is 0.249. The molecule has 1 aromatic carbocycles. The minimum Gasteiger partial charge on any atom is -0.372 e. The molecule has 0 spiro atoms. The molecule has 0 heterocycles. The molecule has 1 aliphatic carbocycles. The van der Waals surface area contributed by atoms with Gasteiger partial charge in [0.15, 0.2) is 5.96 Å². The van der Waals surface area contributed by atoms with Gasteiger partial charge >= 0.3 is 0 Å². The molecule has 192 valence electrons. The van der Waals surface area contributed by atoms with E-state index in [2.05, 4.69) is 26.7 Å². The number of carbonyl (C=O) groups is 3. The van der Waals surface area contributed by atoms with E-state index in [-0.39, 0.29) is 36.0 Å². The first-order valence-electron chi connectivity index (χ1n) is 11.5. The van der Waals surface area contributed by atoms with Gasteiger partial charge in [0.05, 0.1) is 5.41 Å². The first-order valence-corrected chi connectivity index (χ1v) is 11.5. The van der Waals surface area contributed by atoms with Gasteiger partial charge in [0.25, 0.3) is 0 Å². The fourth-order valence-electron chi connectivity index (χ4n) is 3.30. The molecule has 1 atom stereocenters. The summed E-state index contributed by atoms with van der Waals surface area (Å²) in [7, 11) is 1.81. The lowest BCUT2D eigenvalue weighted by Gasteiger charge is -2.17. The number of halogens is 1. The second-order valence-electron chi connectivity index (χ2n) is 7.47. The molecule has 1 unspecified atom stereocenters. The van der Waals surface area contributed by atoms with Crippen LogP contribution in [0.5, 0.6) is 0 Å². The SMILES string of the molecule is CC.CNC(CCCN=C(N)N)CC(=O)NCCNC(=O)C1(c2cccc(F)c2)CC1.NC=O. The lowest BCUT2D eigenvalue weighted by molar-refractivity contribution is -0.124. The maximum Gasteiger partial charge on any atom is 0.230 e. The second-order valence-corrected chi connectivity index (χ2v) is 7.47. The highest BCUT2D eigenvalue weighted by Gasteiger charge is 2.51. The summed E-state index contributed by atoms with van der Waals surface area (Å²) in [6.07, 6.45) is 3.54. The van der Waals surface area contributed by atoms with Crippen LogP contribution < -0.4 is 33.2 Å². The predicted molar refractivity (Wildman–Crippen MR) is 132 cm³/mol. The van der Waals surface area contributed by atoms with Crippen molar-refractivity contribution in [3.8, 4) is 0 Å². The van der Waals surface area contributed by atoms with Gasteiger partial charge in [-0.2, -0.15) is 0 Å². The minimum atomic E-state index is -0.626. The number of hydrogen-bond donors (Lipinski definition) is 6. The highest BCUT2D eigenvalue weighted by molar-refractivity contribution is 5.91. The Kier molecular flexibility index (Phi) is 15.7. The molecule has 0 aromatic heterocycles. The van der Waals surface area contributed by atoms with Gasteiger partial charge < -0.3 is 33.2 Å². The third-order valence-corrected chi connectivity index (χ3v) is 5.14. The Morgan fingerprint density at radius 3 is 2.35 bits per heavy atom. The van der Waals surface area contributed by atoms with Crippen LogP contribution in [0.1, 0.15) is 51.5 Å². The summed E-state index contributed by atoms with van der Waals surface area (Å²) < 4.78 is 13.4. The van der Waals surface area contributed by atoms with E-state index in [0.29, 0.717) is 44.5 Å². The lowest BCUT2D eigenvalue weighted by Crippen LogP contribution is -2.41. The van der Waals surface area contributed by atoms with Crippen LogP contribution in [0.4, 0.5) is 4.39 Å². The number of rotatable bonds is 12. The van der Waals surface area contributed by atoms with Crippen molar-refractivity contribution in [3.05, 3.63) is 35.6 Å². The normalized spacial score (nSPS) is 13.5. The van der Waals surface area contributed by atoms with Crippen LogP contribution in [-0.4, -0.2) is 56.9 Å². The van der Waals surface area contributed by atoms with Crippen LogP contribution in [0, 0.1) is 5.82 Å². The summed E-state index contributed by atoms with van der Waals surface area (Å²) in [4.78, 5) is 37.1. The van der Waals surface area contributed by atoms with Crippen molar-refractivity contribution in [2.75, 3.05) is 26.7 Å². The lowest BCUT2D eigenvalue weighted by atomic mass is 9.95. The zero-order valence-electron chi connectivity index (χ0n) is 20.4. The molecule has 1 saturated carbocycles. The number of hydrogen-bond acceptors (Lipinski definition) is 5. The summed E-state index contributed by atoms with van der Waals surface area (Å²) in [5.41, 5.74) is 14.8. The van der Waals surface area contributed by atoms with Gasteiger partial charge in [-0.25, -0.2) is 4.39 Å². The Hall–Kier alpha value is -3.21. The van der Waals surface area contributed by atoms with E-state index in [9.17, 15) is 14.0 Å². The summed E-state index contributed by atoms with van der Waals surface area (Å²) in [5, 5.41) is 8.77. The summed E-state index contributed by atoms with van der Waals surface area (Å²) in [5.74, 6) is -0.487. The zero-order valence-corrected chi connectivity index (χ0v) is 20.4. The third-order valence-electron chi connectivity index (χ3n) is 5.14. The van der Waals surface area contributed by atoms with Gasteiger partial charge in [-0.1, -0.05) is 26.0 Å². The first-order chi connectivity index (χ1) is 16.3. The summed E-state index contributed by atoms with van der Waals surface area (Å²) in [6, 6.07) is 6.21. The second kappa shape index (κ2) is 17.3. The van der Waals surface area contributed by atoms with Gasteiger partial charge in [0, 0.05) is 32.1 Å². The molecule has 1 aliphatic rings. The van der Waals surface area contributed by atoms with E-state index >= 15 is 0 Å². The molecule has 11 heteroatoms. The number of primary amides is 1. The van der Waals surface area contributed by atoms with Crippen molar-refractivity contribution >= 4 is 24.2 Å². The number of benzene rings is 1. The average molecular weight is 482 g/mol. The molecule has 1 fully saturated rings. The van der Waals surface area contributed by atoms with Crippen LogP contribution >= 0.6 is 0 Å². The molecule has 34 heavy (non-hydrogen) atoms. The number of guanidine groups is 1. The molecule has 1 aromatic rings. The Balaban J connectivity index is 0.00000201. The van der Waals surface area contributed by atoms with Crippen LogP contribution in [0.2, 0.25) is 0 Å². The van der Waals surface area contributed by atoms with Crippen molar-refractivity contribution < 1.29 is 18.8 Å². The molecule has 0 aliphatic heterocycles. The quantitative estimate of drug-likeness (QED) is 0.108. The fourth-order valence-corrected chi connectivity index (χ4v) is 3.30. The maximum atomic E-state index is 13.4. The third kappa shape index (κ3) is 11.6. The van der Waals surface area contributed by atoms with Gasteiger partial charge in [-0.15, -0.1) is 0 Å². The number of aliphatic imine (C=N–C) groups is 1. The highest BCUT2D eigenvalue weighted by atomic mass is 19.1. The molecular formula is C23H40FN7O3. The molecule has 3 amide bonds.